The molecular formula is C17H35N2O+. The molecule has 20 heavy (non-hydrogen) atoms. The van der Waals surface area contributed by atoms with Crippen LogP contribution in [-0.2, 0) is 4.79 Å². The van der Waals surface area contributed by atoms with E-state index in [4.69, 9.17) is 0 Å². The van der Waals surface area contributed by atoms with Crippen LogP contribution < -0.4 is 5.32 Å². The van der Waals surface area contributed by atoms with Gasteiger partial charge in [0.05, 0.1) is 32.7 Å². The lowest BCUT2D eigenvalue weighted by Crippen LogP contribution is -2.51. The Morgan fingerprint density at radius 3 is 2.20 bits per heavy atom. The number of nitrogens with one attached hydrogen (secondary N) is 1. The Hall–Kier alpha value is -0.830. The van der Waals surface area contributed by atoms with Gasteiger partial charge in [0.25, 0.3) is 0 Å². The van der Waals surface area contributed by atoms with E-state index in [1.54, 1.807) is 6.08 Å². The van der Waals surface area contributed by atoms with E-state index in [1.165, 1.54) is 25.7 Å². The van der Waals surface area contributed by atoms with Gasteiger partial charge in [-0.05, 0) is 39.7 Å². The lowest BCUT2D eigenvalue weighted by molar-refractivity contribution is -0.922. The molecule has 3 nitrogen and oxygen atoms in total. The van der Waals surface area contributed by atoms with Gasteiger partial charge in [-0.3, -0.25) is 4.79 Å². The Morgan fingerprint density at radius 2 is 1.65 bits per heavy atom. The van der Waals surface area contributed by atoms with Gasteiger partial charge in [0.2, 0.25) is 5.91 Å². The van der Waals surface area contributed by atoms with Crippen LogP contribution in [0.2, 0.25) is 0 Å². The second-order valence-electron chi connectivity index (χ2n) is 5.56. The van der Waals surface area contributed by atoms with Crippen LogP contribution in [0.5, 0.6) is 0 Å². The maximum atomic E-state index is 11.7. The highest BCUT2D eigenvalue weighted by Crippen LogP contribution is 2.04. The molecule has 0 bridgehead atoms. The number of carbonyl (C=O) groups is 1. The van der Waals surface area contributed by atoms with E-state index < -0.39 is 0 Å². The highest BCUT2D eigenvalue weighted by atomic mass is 16.1. The van der Waals surface area contributed by atoms with Crippen molar-refractivity contribution in [1.82, 2.24) is 5.32 Å². The molecule has 0 aromatic carbocycles. The number of nitrogens with zero attached hydrogens (tertiary/aromatic N) is 1. The predicted octanol–water partition coefficient (Wildman–Crippen LogP) is 3.51. The Kier molecular flexibility index (Phi) is 11.5. The standard InChI is InChI=1S/C17H34N2O/c1-5-9-10-11-12-13-14-17(20)18-15-16-19(6-2,7-3)8-4/h13-14H,5-12,15-16H2,1-4H3/p+1/b14-13+. The lowest BCUT2D eigenvalue weighted by atomic mass is 10.1. The van der Waals surface area contributed by atoms with Crippen LogP contribution in [-0.4, -0.2) is 43.1 Å². The Bertz CT molecular complexity index is 262. The number of likely N-dealkylation sites (N-methyl/N-ethyl adjacent to an activating group) is 1. The first-order valence-corrected chi connectivity index (χ1v) is 8.43. The van der Waals surface area contributed by atoms with Crippen molar-refractivity contribution in [3.63, 3.8) is 0 Å². The lowest BCUT2D eigenvalue weighted by Gasteiger charge is -2.35. The van der Waals surface area contributed by atoms with Crippen LogP contribution in [0, 0.1) is 0 Å². The summed E-state index contributed by atoms with van der Waals surface area (Å²) >= 11 is 0. The van der Waals surface area contributed by atoms with Gasteiger partial charge in [0.1, 0.15) is 0 Å². The van der Waals surface area contributed by atoms with E-state index in [2.05, 4.69) is 33.0 Å². The smallest absolute Gasteiger partial charge is 0.243 e. The number of hydrogen-bond acceptors (Lipinski definition) is 1. The summed E-state index contributed by atoms with van der Waals surface area (Å²) in [6.45, 7) is 14.1. The van der Waals surface area contributed by atoms with Gasteiger partial charge in [0.15, 0.2) is 0 Å². The van der Waals surface area contributed by atoms with Crippen molar-refractivity contribution in [2.24, 2.45) is 0 Å². The molecule has 1 N–H and O–H groups in total. The van der Waals surface area contributed by atoms with Crippen molar-refractivity contribution in [3.8, 4) is 0 Å². The molecule has 0 saturated carbocycles. The van der Waals surface area contributed by atoms with Crippen LogP contribution in [0.15, 0.2) is 12.2 Å². The summed E-state index contributed by atoms with van der Waals surface area (Å²) in [5.74, 6) is 0.0573. The van der Waals surface area contributed by atoms with Crippen LogP contribution in [0.4, 0.5) is 0 Å². The largest absolute Gasteiger partial charge is 0.347 e. The van der Waals surface area contributed by atoms with Gasteiger partial charge in [-0.1, -0.05) is 32.3 Å². The molecule has 0 heterocycles. The molecule has 0 rings (SSSR count). The van der Waals surface area contributed by atoms with Crippen LogP contribution >= 0.6 is 0 Å². The maximum Gasteiger partial charge on any atom is 0.243 e. The first-order chi connectivity index (χ1) is 9.64. The number of rotatable bonds is 12. The van der Waals surface area contributed by atoms with Crippen molar-refractivity contribution >= 4 is 5.91 Å². The number of amides is 1. The van der Waals surface area contributed by atoms with Crippen molar-refractivity contribution < 1.29 is 9.28 Å². The summed E-state index contributed by atoms with van der Waals surface area (Å²) in [6.07, 6.45) is 9.75. The molecule has 0 aliphatic heterocycles. The first-order valence-electron chi connectivity index (χ1n) is 8.43. The SMILES string of the molecule is CCCCCC/C=C/C(=O)NCC[N+](CC)(CC)CC. The number of allylic oxidation sites excluding steroid dienone is 1. The highest BCUT2D eigenvalue weighted by Gasteiger charge is 2.19. The number of hydrogen-bond donors (Lipinski definition) is 1. The molecule has 0 radical (unpaired) electrons. The molecule has 118 valence electrons. The van der Waals surface area contributed by atoms with Gasteiger partial charge < -0.3 is 9.80 Å². The molecule has 0 saturated heterocycles. The topological polar surface area (TPSA) is 29.1 Å². The molecule has 3 heteroatoms. The van der Waals surface area contributed by atoms with Crippen molar-refractivity contribution in [3.05, 3.63) is 12.2 Å². The van der Waals surface area contributed by atoms with Gasteiger partial charge in [-0.2, -0.15) is 0 Å². The average Bonchev–Trinajstić information content (AvgIpc) is 2.48. The third-order valence-electron chi connectivity index (χ3n) is 4.39. The molecule has 0 aliphatic rings. The quantitative estimate of drug-likeness (QED) is 0.331. The Labute approximate surface area is 126 Å². The second kappa shape index (κ2) is 12.0. The van der Waals surface area contributed by atoms with E-state index >= 15 is 0 Å². The number of unbranched alkanes of at least 4 members (excludes halogenated alkanes) is 4. The molecule has 0 unspecified atom stereocenters. The Balaban J connectivity index is 3.79. The molecular weight excluding hydrogens is 248 g/mol. The fourth-order valence-electron chi connectivity index (χ4n) is 2.50. The molecule has 0 aromatic rings. The van der Waals surface area contributed by atoms with Gasteiger partial charge >= 0.3 is 0 Å². The number of quaternary nitrogens is 1. The zero-order valence-corrected chi connectivity index (χ0v) is 14.1. The summed E-state index contributed by atoms with van der Waals surface area (Å²) in [5, 5.41) is 3.00. The van der Waals surface area contributed by atoms with Crippen LogP contribution in [0.3, 0.4) is 0 Å². The van der Waals surface area contributed by atoms with Crippen molar-refractivity contribution in [1.29, 1.82) is 0 Å². The molecule has 0 aromatic heterocycles. The van der Waals surface area contributed by atoms with Gasteiger partial charge in [0, 0.05) is 0 Å². The zero-order valence-electron chi connectivity index (χ0n) is 14.1. The summed E-state index contributed by atoms with van der Waals surface area (Å²) in [7, 11) is 0. The maximum absolute atomic E-state index is 11.7. The van der Waals surface area contributed by atoms with E-state index in [1.807, 2.05) is 6.08 Å². The third-order valence-corrected chi connectivity index (χ3v) is 4.39. The number of carbonyl (C=O) groups excluding carboxylic acids is 1. The normalized spacial score (nSPS) is 12.0. The monoisotopic (exact) mass is 283 g/mol. The van der Waals surface area contributed by atoms with Crippen molar-refractivity contribution in [2.45, 2.75) is 59.8 Å². The molecule has 0 atom stereocenters. The van der Waals surface area contributed by atoms with E-state index in [9.17, 15) is 4.79 Å². The minimum absolute atomic E-state index is 0.0573. The highest BCUT2D eigenvalue weighted by molar-refractivity contribution is 5.87. The molecule has 0 spiro atoms. The molecule has 0 aliphatic carbocycles. The van der Waals surface area contributed by atoms with Gasteiger partial charge in [-0.25, -0.2) is 0 Å². The van der Waals surface area contributed by atoms with Crippen LogP contribution in [0.1, 0.15) is 59.8 Å². The van der Waals surface area contributed by atoms with E-state index in [0.29, 0.717) is 0 Å². The van der Waals surface area contributed by atoms with E-state index in [-0.39, 0.29) is 5.91 Å². The molecule has 1 amide bonds. The predicted molar refractivity (Wildman–Crippen MR) is 87.7 cm³/mol. The van der Waals surface area contributed by atoms with Crippen LogP contribution in [0.25, 0.3) is 0 Å². The average molecular weight is 283 g/mol. The first kappa shape index (κ1) is 19.2. The molecule has 0 fully saturated rings. The fourth-order valence-corrected chi connectivity index (χ4v) is 2.50. The zero-order chi connectivity index (χ0) is 15.3. The summed E-state index contributed by atoms with van der Waals surface area (Å²) < 4.78 is 1.08. The summed E-state index contributed by atoms with van der Waals surface area (Å²) in [6, 6.07) is 0. The summed E-state index contributed by atoms with van der Waals surface area (Å²) in [4.78, 5) is 11.7. The summed E-state index contributed by atoms with van der Waals surface area (Å²) in [5.41, 5.74) is 0. The second-order valence-corrected chi connectivity index (χ2v) is 5.56. The van der Waals surface area contributed by atoms with Crippen molar-refractivity contribution in [2.75, 3.05) is 32.7 Å². The van der Waals surface area contributed by atoms with Gasteiger partial charge in [-0.15, -0.1) is 0 Å². The third kappa shape index (κ3) is 8.36. The minimum Gasteiger partial charge on any atom is -0.347 e. The fraction of sp³-hybridized carbons (Fsp3) is 0.824. The van der Waals surface area contributed by atoms with E-state index in [0.717, 1.165) is 43.6 Å². The Morgan fingerprint density at radius 1 is 1.00 bits per heavy atom. The minimum atomic E-state index is 0.0573.